The van der Waals surface area contributed by atoms with Gasteiger partial charge in [-0.25, -0.2) is 0 Å². The maximum Gasteiger partial charge on any atom is 0.305 e. The summed E-state index contributed by atoms with van der Waals surface area (Å²) >= 11 is 0. The van der Waals surface area contributed by atoms with Gasteiger partial charge in [-0.2, -0.15) is 0 Å². The third-order valence-electron chi connectivity index (χ3n) is 8.36. The zero-order valence-corrected chi connectivity index (χ0v) is 28.7. The van der Waals surface area contributed by atoms with Gasteiger partial charge in [0.1, 0.15) is 0 Å². The maximum atomic E-state index is 11.8. The second kappa shape index (κ2) is 34.4. The summed E-state index contributed by atoms with van der Waals surface area (Å²) in [5.41, 5.74) is 0. The van der Waals surface area contributed by atoms with Crippen LogP contribution < -0.4 is 0 Å². The van der Waals surface area contributed by atoms with Crippen molar-refractivity contribution in [2.45, 2.75) is 194 Å². The van der Waals surface area contributed by atoms with Crippen LogP contribution >= 0.6 is 0 Å². The fourth-order valence-electron chi connectivity index (χ4n) is 5.46. The molecule has 5 heteroatoms. The number of unbranched alkanes of at least 4 members (excludes halogenated alkanes) is 22. The molecule has 5 nitrogen and oxygen atoms in total. The van der Waals surface area contributed by atoms with Crippen LogP contribution in [0, 0.1) is 0 Å². The predicted molar refractivity (Wildman–Crippen MR) is 180 cm³/mol. The second-order valence-electron chi connectivity index (χ2n) is 12.7. The molecule has 0 fully saturated rings. The highest BCUT2D eigenvalue weighted by Crippen LogP contribution is 2.12. The third-order valence-corrected chi connectivity index (χ3v) is 8.36. The van der Waals surface area contributed by atoms with E-state index in [0.717, 1.165) is 38.5 Å². The van der Waals surface area contributed by atoms with E-state index < -0.39 is 0 Å². The van der Waals surface area contributed by atoms with Crippen molar-refractivity contribution in [1.29, 1.82) is 0 Å². The first kappa shape index (κ1) is 40.9. The summed E-state index contributed by atoms with van der Waals surface area (Å²) in [6.45, 7) is 8.10. The van der Waals surface area contributed by atoms with E-state index in [-0.39, 0.29) is 11.9 Å². The Kier molecular flexibility index (Phi) is 33.5. The molecule has 0 heterocycles. The van der Waals surface area contributed by atoms with E-state index in [1.807, 2.05) is 0 Å². The number of esters is 2. The number of nitrogens with zero attached hydrogens (tertiary/aromatic N) is 1. The highest BCUT2D eigenvalue weighted by Gasteiger charge is 2.04. The van der Waals surface area contributed by atoms with E-state index in [4.69, 9.17) is 9.47 Å². The van der Waals surface area contributed by atoms with Gasteiger partial charge in [-0.05, 0) is 58.7 Å². The number of carbonyl (C=O) groups excluding carboxylic acids is 2. The van der Waals surface area contributed by atoms with Crippen molar-refractivity contribution in [1.82, 2.24) is 4.90 Å². The third kappa shape index (κ3) is 33.4. The summed E-state index contributed by atoms with van der Waals surface area (Å²) in [5, 5.41) is 0. The molecular weight excluding hydrogens is 522 g/mol. The zero-order chi connectivity index (χ0) is 30.8. The second-order valence-corrected chi connectivity index (χ2v) is 12.7. The lowest BCUT2D eigenvalue weighted by Crippen LogP contribution is -2.20. The SMILES string of the molecule is CCCCCCCCOC(=O)CCCCCCCCCN(C)CCCCCCCCCC(=O)OCCCCCCCC. The summed E-state index contributed by atoms with van der Waals surface area (Å²) in [4.78, 5) is 26.1. The molecule has 0 aromatic heterocycles. The van der Waals surface area contributed by atoms with Crippen LogP contribution in [0.5, 0.6) is 0 Å². The van der Waals surface area contributed by atoms with Crippen LogP contribution in [0.3, 0.4) is 0 Å². The van der Waals surface area contributed by atoms with Gasteiger partial charge < -0.3 is 14.4 Å². The number of ether oxygens (including phenoxy) is 2. The zero-order valence-electron chi connectivity index (χ0n) is 28.7. The Morgan fingerprint density at radius 3 is 1.05 bits per heavy atom. The summed E-state index contributed by atoms with van der Waals surface area (Å²) < 4.78 is 10.7. The van der Waals surface area contributed by atoms with Crippen LogP contribution in [0.1, 0.15) is 194 Å². The molecule has 0 amide bonds. The average molecular weight is 596 g/mol. The van der Waals surface area contributed by atoms with Crippen molar-refractivity contribution in [2.75, 3.05) is 33.4 Å². The first-order valence-corrected chi connectivity index (χ1v) is 18.6. The Bertz CT molecular complexity index is 520. The molecule has 0 aromatic rings. The van der Waals surface area contributed by atoms with E-state index in [2.05, 4.69) is 25.8 Å². The van der Waals surface area contributed by atoms with Gasteiger partial charge in [0.15, 0.2) is 0 Å². The molecule has 0 rings (SSSR count). The van der Waals surface area contributed by atoms with Gasteiger partial charge in [0.25, 0.3) is 0 Å². The van der Waals surface area contributed by atoms with Crippen molar-refractivity contribution in [3.05, 3.63) is 0 Å². The van der Waals surface area contributed by atoms with Crippen molar-refractivity contribution in [3.8, 4) is 0 Å². The minimum absolute atomic E-state index is 0.000546. The lowest BCUT2D eigenvalue weighted by molar-refractivity contribution is -0.144. The van der Waals surface area contributed by atoms with Gasteiger partial charge in [0.05, 0.1) is 13.2 Å². The van der Waals surface area contributed by atoms with Gasteiger partial charge in [0, 0.05) is 12.8 Å². The Morgan fingerprint density at radius 2 is 0.690 bits per heavy atom. The van der Waals surface area contributed by atoms with Gasteiger partial charge >= 0.3 is 11.9 Å². The number of carbonyl (C=O) groups is 2. The maximum absolute atomic E-state index is 11.8. The molecule has 0 N–H and O–H groups in total. The molecule has 0 aliphatic heterocycles. The lowest BCUT2D eigenvalue weighted by Gasteiger charge is -2.16. The molecule has 0 saturated heterocycles. The molecule has 250 valence electrons. The molecular formula is C37H73NO4. The number of rotatable bonds is 34. The van der Waals surface area contributed by atoms with E-state index in [9.17, 15) is 9.59 Å². The number of hydrogen-bond donors (Lipinski definition) is 0. The van der Waals surface area contributed by atoms with Gasteiger partial charge in [-0.1, -0.05) is 142 Å². The largest absolute Gasteiger partial charge is 0.466 e. The molecule has 0 aliphatic carbocycles. The lowest BCUT2D eigenvalue weighted by atomic mass is 10.1. The number of hydrogen-bond acceptors (Lipinski definition) is 5. The molecule has 0 atom stereocenters. The fraction of sp³-hybridized carbons (Fsp3) is 0.946. The van der Waals surface area contributed by atoms with Gasteiger partial charge in [-0.15, -0.1) is 0 Å². The Morgan fingerprint density at radius 1 is 0.405 bits per heavy atom. The Hall–Kier alpha value is -1.10. The quantitative estimate of drug-likeness (QED) is 0.0547. The predicted octanol–water partition coefficient (Wildman–Crippen LogP) is 11.0. The molecule has 0 saturated carbocycles. The van der Waals surface area contributed by atoms with Crippen molar-refractivity contribution in [2.24, 2.45) is 0 Å². The first-order chi connectivity index (χ1) is 20.6. The molecule has 0 unspecified atom stereocenters. The minimum Gasteiger partial charge on any atom is -0.466 e. The summed E-state index contributed by atoms with van der Waals surface area (Å²) in [5.74, 6) is -0.00109. The standard InChI is InChI=1S/C37H73NO4/c1-4-6-8-10-22-28-34-41-36(39)30-24-18-14-12-16-20-26-32-38(3)33-27-21-17-13-15-19-25-31-37(40)42-35-29-23-11-9-7-5-2/h4-35H2,1-3H3. The fourth-order valence-corrected chi connectivity index (χ4v) is 5.46. The van der Waals surface area contributed by atoms with Gasteiger partial charge in [-0.3, -0.25) is 9.59 Å². The monoisotopic (exact) mass is 596 g/mol. The van der Waals surface area contributed by atoms with E-state index in [1.54, 1.807) is 0 Å². The van der Waals surface area contributed by atoms with Crippen molar-refractivity contribution < 1.29 is 19.1 Å². The van der Waals surface area contributed by atoms with Crippen LogP contribution in [0.15, 0.2) is 0 Å². The van der Waals surface area contributed by atoms with E-state index >= 15 is 0 Å². The van der Waals surface area contributed by atoms with Crippen LogP contribution in [-0.2, 0) is 19.1 Å². The molecule has 0 aliphatic rings. The Labute approximate surface area is 262 Å². The van der Waals surface area contributed by atoms with E-state index in [0.29, 0.717) is 26.1 Å². The molecule has 0 aromatic carbocycles. The normalized spacial score (nSPS) is 11.3. The topological polar surface area (TPSA) is 55.8 Å². The summed E-state index contributed by atoms with van der Waals surface area (Å²) in [7, 11) is 2.26. The molecule has 0 radical (unpaired) electrons. The van der Waals surface area contributed by atoms with Crippen LogP contribution in [0.2, 0.25) is 0 Å². The summed E-state index contributed by atoms with van der Waals surface area (Å²) in [6.07, 6.45) is 33.1. The van der Waals surface area contributed by atoms with Gasteiger partial charge in [0.2, 0.25) is 0 Å². The van der Waals surface area contributed by atoms with Crippen LogP contribution in [0.25, 0.3) is 0 Å². The highest BCUT2D eigenvalue weighted by molar-refractivity contribution is 5.69. The minimum atomic E-state index is -0.000546. The van der Waals surface area contributed by atoms with Crippen molar-refractivity contribution >= 4 is 11.9 Å². The molecule has 42 heavy (non-hydrogen) atoms. The molecule has 0 bridgehead atoms. The van der Waals surface area contributed by atoms with Crippen LogP contribution in [0.4, 0.5) is 0 Å². The van der Waals surface area contributed by atoms with Crippen molar-refractivity contribution in [3.63, 3.8) is 0 Å². The highest BCUT2D eigenvalue weighted by atomic mass is 16.5. The molecule has 0 spiro atoms. The first-order valence-electron chi connectivity index (χ1n) is 18.6. The van der Waals surface area contributed by atoms with Crippen LogP contribution in [-0.4, -0.2) is 50.2 Å². The van der Waals surface area contributed by atoms with E-state index in [1.165, 1.54) is 142 Å². The smallest absolute Gasteiger partial charge is 0.305 e. The Balaban J connectivity index is 3.29. The summed E-state index contributed by atoms with van der Waals surface area (Å²) in [6, 6.07) is 0. The average Bonchev–Trinajstić information content (AvgIpc) is 2.98.